The highest BCUT2D eigenvalue weighted by atomic mass is 79.9. The van der Waals surface area contributed by atoms with Crippen molar-refractivity contribution >= 4 is 37.6 Å². The zero-order valence-corrected chi connectivity index (χ0v) is 17.7. The van der Waals surface area contributed by atoms with Crippen LogP contribution in [0.4, 0.5) is 5.69 Å². The molecular formula is C17H16BrN5O5S. The molecule has 1 aliphatic rings. The van der Waals surface area contributed by atoms with Gasteiger partial charge in [-0.15, -0.1) is 0 Å². The van der Waals surface area contributed by atoms with Crippen LogP contribution in [0, 0.1) is 0 Å². The Labute approximate surface area is 175 Å². The van der Waals surface area contributed by atoms with E-state index in [-0.39, 0.29) is 21.8 Å². The van der Waals surface area contributed by atoms with E-state index in [2.05, 4.69) is 30.9 Å². The lowest BCUT2D eigenvalue weighted by atomic mass is 10.1. The van der Waals surface area contributed by atoms with Crippen molar-refractivity contribution < 1.29 is 22.7 Å². The van der Waals surface area contributed by atoms with Gasteiger partial charge >= 0.3 is 5.97 Å². The Morgan fingerprint density at radius 1 is 1.31 bits per heavy atom. The molecule has 10 nitrogen and oxygen atoms in total. The number of nitrogens with zero attached hydrogens (tertiary/aromatic N) is 5. The fourth-order valence-electron chi connectivity index (χ4n) is 2.84. The van der Waals surface area contributed by atoms with E-state index in [1.165, 1.54) is 29.6 Å². The van der Waals surface area contributed by atoms with Gasteiger partial charge in [-0.1, -0.05) is 17.2 Å². The van der Waals surface area contributed by atoms with E-state index < -0.39 is 16.0 Å². The molecule has 1 aromatic carbocycles. The highest BCUT2D eigenvalue weighted by Gasteiger charge is 2.26. The first-order valence-electron chi connectivity index (χ1n) is 8.40. The van der Waals surface area contributed by atoms with E-state index in [9.17, 15) is 13.2 Å². The number of hydrogen-bond donors (Lipinski definition) is 0. The summed E-state index contributed by atoms with van der Waals surface area (Å²) in [4.78, 5) is 19.2. The number of hydrogen-bond acceptors (Lipinski definition) is 7. The smallest absolute Gasteiger partial charge is 0.338 e. The lowest BCUT2D eigenvalue weighted by Crippen LogP contribution is -2.40. The summed E-state index contributed by atoms with van der Waals surface area (Å²) >= 11 is 3.22. The van der Waals surface area contributed by atoms with E-state index in [0.717, 1.165) is 0 Å². The highest BCUT2D eigenvalue weighted by Crippen LogP contribution is 2.35. The van der Waals surface area contributed by atoms with Crippen LogP contribution in [0.1, 0.15) is 10.4 Å². The molecule has 0 unspecified atom stereocenters. The van der Waals surface area contributed by atoms with Crippen molar-refractivity contribution in [2.24, 2.45) is 5.11 Å². The Hall–Kier alpha value is -2.50. The minimum atomic E-state index is -3.65. The molecule has 1 saturated heterocycles. The summed E-state index contributed by atoms with van der Waals surface area (Å²) in [6.45, 7) is 1.29. The fraction of sp³-hybridized carbons (Fsp3) is 0.294. The van der Waals surface area contributed by atoms with Gasteiger partial charge in [-0.3, -0.25) is 0 Å². The Kier molecular flexibility index (Phi) is 6.50. The molecule has 29 heavy (non-hydrogen) atoms. The number of methoxy groups -OCH3 is 1. The SMILES string of the molecule is COC(=O)c1cc(Br)nc(-c2ccc(S(=O)(=O)N3CCOCC3)cc2)c1N=[N+]=[N-]. The average molecular weight is 482 g/mol. The van der Waals surface area contributed by atoms with Crippen molar-refractivity contribution in [2.45, 2.75) is 4.90 Å². The zero-order chi connectivity index (χ0) is 21.0. The van der Waals surface area contributed by atoms with Crippen molar-refractivity contribution in [3.8, 4) is 11.3 Å². The number of morpholine rings is 1. The minimum absolute atomic E-state index is 0.00802. The molecule has 152 valence electrons. The third-order valence-electron chi connectivity index (χ3n) is 4.25. The van der Waals surface area contributed by atoms with Crippen LogP contribution in [-0.2, 0) is 19.5 Å². The van der Waals surface area contributed by atoms with E-state index in [4.69, 9.17) is 15.0 Å². The number of carbonyl (C=O) groups excluding carboxylic acids is 1. The van der Waals surface area contributed by atoms with Crippen LogP contribution in [-0.4, -0.2) is 57.1 Å². The minimum Gasteiger partial charge on any atom is -0.465 e. The summed E-state index contributed by atoms with van der Waals surface area (Å²) in [5.74, 6) is -0.691. The summed E-state index contributed by atoms with van der Waals surface area (Å²) in [7, 11) is -2.44. The fourth-order valence-corrected chi connectivity index (χ4v) is 4.65. The Balaban J connectivity index is 2.05. The van der Waals surface area contributed by atoms with Gasteiger partial charge in [-0.25, -0.2) is 18.2 Å². The maximum atomic E-state index is 12.8. The molecule has 12 heteroatoms. The number of halogens is 1. The van der Waals surface area contributed by atoms with Gasteiger partial charge in [-0.2, -0.15) is 4.31 Å². The van der Waals surface area contributed by atoms with Crippen LogP contribution in [0.5, 0.6) is 0 Å². The molecule has 0 bridgehead atoms. The largest absolute Gasteiger partial charge is 0.465 e. The number of ether oxygens (including phenoxy) is 2. The second kappa shape index (κ2) is 8.89. The maximum Gasteiger partial charge on any atom is 0.338 e. The molecule has 1 aliphatic heterocycles. The molecule has 0 N–H and O–H groups in total. The van der Waals surface area contributed by atoms with Gasteiger partial charge in [0.05, 0.1) is 42.2 Å². The van der Waals surface area contributed by atoms with Crippen LogP contribution < -0.4 is 0 Å². The molecule has 1 fully saturated rings. The maximum absolute atomic E-state index is 12.8. The zero-order valence-electron chi connectivity index (χ0n) is 15.3. The van der Waals surface area contributed by atoms with Gasteiger partial charge in [0, 0.05) is 23.6 Å². The Morgan fingerprint density at radius 2 is 1.97 bits per heavy atom. The first kappa shape index (κ1) is 21.2. The predicted molar refractivity (Wildman–Crippen MR) is 107 cm³/mol. The predicted octanol–water partition coefficient (Wildman–Crippen LogP) is 3.26. The van der Waals surface area contributed by atoms with Gasteiger partial charge in [0.25, 0.3) is 0 Å². The molecule has 2 aromatic rings. The molecule has 0 aliphatic carbocycles. The summed E-state index contributed by atoms with van der Waals surface area (Å²) in [6, 6.07) is 7.36. The van der Waals surface area contributed by atoms with Crippen molar-refractivity contribution in [3.63, 3.8) is 0 Å². The van der Waals surface area contributed by atoms with Crippen LogP contribution in [0.15, 0.2) is 44.9 Å². The quantitative estimate of drug-likeness (QED) is 0.211. The number of carbonyl (C=O) groups is 1. The molecule has 0 radical (unpaired) electrons. The third kappa shape index (κ3) is 4.41. The molecule has 1 aromatic heterocycles. The Morgan fingerprint density at radius 3 is 2.55 bits per heavy atom. The summed E-state index contributed by atoms with van der Waals surface area (Å²) in [5, 5.41) is 3.59. The van der Waals surface area contributed by atoms with Gasteiger partial charge in [0.2, 0.25) is 10.0 Å². The average Bonchev–Trinajstić information content (AvgIpc) is 2.75. The van der Waals surface area contributed by atoms with Gasteiger partial charge in [-0.05, 0) is 39.7 Å². The molecular weight excluding hydrogens is 466 g/mol. The van der Waals surface area contributed by atoms with Gasteiger partial charge < -0.3 is 9.47 Å². The summed E-state index contributed by atoms with van der Waals surface area (Å²) < 4.78 is 37.1. The molecule has 0 amide bonds. The number of benzene rings is 1. The first-order valence-corrected chi connectivity index (χ1v) is 10.6. The second-order valence-corrected chi connectivity index (χ2v) is 8.66. The van der Waals surface area contributed by atoms with Crippen molar-refractivity contribution in [1.82, 2.24) is 9.29 Å². The van der Waals surface area contributed by atoms with Crippen LogP contribution in [0.3, 0.4) is 0 Å². The molecule has 0 atom stereocenters. The lowest BCUT2D eigenvalue weighted by Gasteiger charge is -2.26. The molecule has 3 rings (SSSR count). The topological polar surface area (TPSA) is 135 Å². The lowest BCUT2D eigenvalue weighted by molar-refractivity contribution is 0.0601. The molecule has 0 saturated carbocycles. The van der Waals surface area contributed by atoms with Crippen LogP contribution >= 0.6 is 15.9 Å². The number of sulfonamides is 1. The number of rotatable bonds is 5. The molecule has 0 spiro atoms. The van der Waals surface area contributed by atoms with Crippen molar-refractivity contribution in [1.29, 1.82) is 0 Å². The van der Waals surface area contributed by atoms with Crippen molar-refractivity contribution in [2.75, 3.05) is 33.4 Å². The number of azide groups is 1. The second-order valence-electron chi connectivity index (χ2n) is 5.91. The first-order chi connectivity index (χ1) is 13.9. The summed E-state index contributed by atoms with van der Waals surface area (Å²) in [5.41, 5.74) is 9.62. The van der Waals surface area contributed by atoms with Gasteiger partial charge in [0.1, 0.15) is 4.60 Å². The number of esters is 1. The number of pyridine rings is 1. The third-order valence-corrected chi connectivity index (χ3v) is 6.57. The standard InChI is InChI=1S/C17H16BrN5O5S/c1-27-17(24)13-10-14(18)20-15(16(13)21-22-19)11-2-4-12(5-3-11)29(25,26)23-6-8-28-9-7-23/h2-5,10H,6-9H2,1H3. The van der Waals surface area contributed by atoms with E-state index >= 15 is 0 Å². The normalized spacial score (nSPS) is 14.8. The monoisotopic (exact) mass is 481 g/mol. The summed E-state index contributed by atoms with van der Waals surface area (Å²) in [6.07, 6.45) is 0. The number of aromatic nitrogens is 1. The van der Waals surface area contributed by atoms with Crippen molar-refractivity contribution in [3.05, 3.63) is 50.9 Å². The Bertz CT molecular complexity index is 1080. The highest BCUT2D eigenvalue weighted by molar-refractivity contribution is 9.10. The van der Waals surface area contributed by atoms with E-state index in [0.29, 0.717) is 36.5 Å². The van der Waals surface area contributed by atoms with Crippen LogP contribution in [0.25, 0.3) is 21.7 Å². The van der Waals surface area contributed by atoms with Gasteiger partial charge in [0.15, 0.2) is 0 Å². The van der Waals surface area contributed by atoms with E-state index in [1.807, 2.05) is 0 Å². The van der Waals surface area contributed by atoms with Crippen LogP contribution in [0.2, 0.25) is 0 Å². The van der Waals surface area contributed by atoms with E-state index in [1.54, 1.807) is 12.1 Å². The molecule has 2 heterocycles.